The number of benzene rings is 1. The second kappa shape index (κ2) is 6.54. The Morgan fingerprint density at radius 3 is 2.81 bits per heavy atom. The molecule has 21 heavy (non-hydrogen) atoms. The molecule has 0 aliphatic rings. The summed E-state index contributed by atoms with van der Waals surface area (Å²) in [5.74, 6) is 5.34. The summed E-state index contributed by atoms with van der Waals surface area (Å²) in [6.45, 7) is -0.136. The van der Waals surface area contributed by atoms with Crippen molar-refractivity contribution in [3.8, 4) is 11.8 Å². The summed E-state index contributed by atoms with van der Waals surface area (Å²) in [5, 5.41) is 8.71. The molecule has 0 bridgehead atoms. The number of nitrogens with zero attached hydrogens (tertiary/aromatic N) is 2. The van der Waals surface area contributed by atoms with Crippen molar-refractivity contribution in [3.05, 3.63) is 47.9 Å². The Hall–Kier alpha value is -2.14. The van der Waals surface area contributed by atoms with E-state index < -0.39 is 10.0 Å². The zero-order valence-electron chi connectivity index (χ0n) is 11.4. The Labute approximate surface area is 123 Å². The number of imidazole rings is 1. The maximum Gasteiger partial charge on any atom is 0.259 e. The van der Waals surface area contributed by atoms with E-state index in [4.69, 9.17) is 5.11 Å². The Bertz CT molecular complexity index is 785. The Morgan fingerprint density at radius 1 is 1.38 bits per heavy atom. The number of sulfonamides is 1. The molecule has 2 aromatic rings. The molecule has 110 valence electrons. The lowest BCUT2D eigenvalue weighted by molar-refractivity contribution is 0.350. The van der Waals surface area contributed by atoms with E-state index in [1.54, 1.807) is 35.9 Å². The topological polar surface area (TPSA) is 84.2 Å². The number of aliphatic hydroxyl groups excluding tert-OH is 1. The molecular formula is C14H15N3O3S. The van der Waals surface area contributed by atoms with Gasteiger partial charge >= 0.3 is 0 Å². The maximum atomic E-state index is 12.1. The third kappa shape index (κ3) is 3.92. The average Bonchev–Trinajstić information content (AvgIpc) is 2.91. The quantitative estimate of drug-likeness (QED) is 0.793. The average molecular weight is 305 g/mol. The first-order valence-corrected chi connectivity index (χ1v) is 7.66. The summed E-state index contributed by atoms with van der Waals surface area (Å²) >= 11 is 0. The molecule has 0 radical (unpaired) electrons. The van der Waals surface area contributed by atoms with Gasteiger partial charge in [0.05, 0.1) is 6.33 Å². The minimum Gasteiger partial charge on any atom is -0.384 e. The molecule has 1 heterocycles. The molecule has 2 N–H and O–H groups in total. The number of aryl methyl sites for hydroxylation is 1. The molecule has 0 atom stereocenters. The van der Waals surface area contributed by atoms with Gasteiger partial charge in [0.1, 0.15) is 6.61 Å². The van der Waals surface area contributed by atoms with Gasteiger partial charge in [-0.3, -0.25) is 0 Å². The molecule has 0 aliphatic heterocycles. The van der Waals surface area contributed by atoms with Crippen LogP contribution in [0.2, 0.25) is 0 Å². The third-order valence-electron chi connectivity index (χ3n) is 2.73. The van der Waals surface area contributed by atoms with E-state index in [-0.39, 0.29) is 18.2 Å². The second-order valence-corrected chi connectivity index (χ2v) is 6.03. The van der Waals surface area contributed by atoms with Crippen LogP contribution in [0, 0.1) is 11.8 Å². The van der Waals surface area contributed by atoms with E-state index >= 15 is 0 Å². The van der Waals surface area contributed by atoms with Crippen LogP contribution in [0.4, 0.5) is 0 Å². The summed E-state index contributed by atoms with van der Waals surface area (Å²) in [5.41, 5.74) is 1.41. The van der Waals surface area contributed by atoms with Crippen LogP contribution in [0.1, 0.15) is 11.1 Å². The smallest absolute Gasteiger partial charge is 0.259 e. The summed E-state index contributed by atoms with van der Waals surface area (Å²) < 4.78 is 28.2. The molecule has 0 saturated heterocycles. The van der Waals surface area contributed by atoms with E-state index in [2.05, 4.69) is 21.5 Å². The van der Waals surface area contributed by atoms with E-state index in [9.17, 15) is 8.42 Å². The van der Waals surface area contributed by atoms with Gasteiger partial charge in [0, 0.05) is 25.4 Å². The van der Waals surface area contributed by atoms with E-state index in [1.807, 2.05) is 0 Å². The highest BCUT2D eigenvalue weighted by Crippen LogP contribution is 2.10. The SMILES string of the molecule is Cn1cnc(S(=O)(=O)NCc2ccccc2C#CCO)c1. The van der Waals surface area contributed by atoms with Crippen LogP contribution >= 0.6 is 0 Å². The Balaban J connectivity index is 2.17. The number of rotatable bonds is 4. The van der Waals surface area contributed by atoms with Crippen LogP contribution in [0.25, 0.3) is 0 Å². The predicted octanol–water partition coefficient (Wildman–Crippen LogP) is 0.242. The first kappa shape index (κ1) is 15.3. The lowest BCUT2D eigenvalue weighted by Crippen LogP contribution is -2.24. The van der Waals surface area contributed by atoms with Crippen LogP contribution in [-0.4, -0.2) is 29.7 Å². The molecular weight excluding hydrogens is 290 g/mol. The fourth-order valence-corrected chi connectivity index (χ4v) is 2.69. The van der Waals surface area contributed by atoms with Gasteiger partial charge in [-0.15, -0.1) is 0 Å². The summed E-state index contributed by atoms with van der Waals surface area (Å²) in [6, 6.07) is 7.15. The number of hydrogen-bond donors (Lipinski definition) is 2. The van der Waals surface area contributed by atoms with Crippen LogP contribution in [0.5, 0.6) is 0 Å². The van der Waals surface area contributed by atoms with Crippen molar-refractivity contribution in [3.63, 3.8) is 0 Å². The molecule has 0 unspecified atom stereocenters. The Kier molecular flexibility index (Phi) is 4.75. The zero-order chi connectivity index (χ0) is 15.3. The number of aromatic nitrogens is 2. The highest BCUT2D eigenvalue weighted by Gasteiger charge is 2.16. The van der Waals surface area contributed by atoms with E-state index in [1.165, 1.54) is 12.5 Å². The van der Waals surface area contributed by atoms with Crippen LogP contribution in [0.3, 0.4) is 0 Å². The molecule has 6 nitrogen and oxygen atoms in total. The molecule has 7 heteroatoms. The van der Waals surface area contributed by atoms with Crippen molar-refractivity contribution >= 4 is 10.0 Å². The van der Waals surface area contributed by atoms with Crippen molar-refractivity contribution in [1.29, 1.82) is 0 Å². The standard InChI is InChI=1S/C14H15N3O3S/c1-17-10-14(15-11-17)21(19,20)16-9-13-6-3-2-5-12(13)7-4-8-18/h2-3,5-6,10-11,16,18H,8-9H2,1H3. The van der Waals surface area contributed by atoms with Gasteiger partial charge in [-0.1, -0.05) is 30.0 Å². The molecule has 0 aliphatic carbocycles. The fourth-order valence-electron chi connectivity index (χ4n) is 1.71. The van der Waals surface area contributed by atoms with Crippen molar-refractivity contribution in [2.24, 2.45) is 7.05 Å². The lowest BCUT2D eigenvalue weighted by Gasteiger charge is -2.06. The molecule has 1 aromatic carbocycles. The largest absolute Gasteiger partial charge is 0.384 e. The zero-order valence-corrected chi connectivity index (χ0v) is 12.3. The van der Waals surface area contributed by atoms with Crippen molar-refractivity contribution in [2.75, 3.05) is 6.61 Å². The van der Waals surface area contributed by atoms with Gasteiger partial charge in [0.25, 0.3) is 10.0 Å². The molecule has 0 fully saturated rings. The molecule has 0 amide bonds. The molecule has 0 saturated carbocycles. The van der Waals surface area contributed by atoms with Crippen LogP contribution < -0.4 is 4.72 Å². The minimum atomic E-state index is -3.65. The van der Waals surface area contributed by atoms with E-state index in [0.717, 1.165) is 5.56 Å². The third-order valence-corrected chi connectivity index (χ3v) is 4.01. The van der Waals surface area contributed by atoms with Crippen LogP contribution in [-0.2, 0) is 23.6 Å². The Morgan fingerprint density at radius 2 is 2.14 bits per heavy atom. The van der Waals surface area contributed by atoms with Crippen LogP contribution in [0.15, 0.2) is 41.8 Å². The first-order valence-electron chi connectivity index (χ1n) is 6.18. The molecule has 1 aromatic heterocycles. The minimum absolute atomic E-state index is 0.0241. The number of hydrogen-bond acceptors (Lipinski definition) is 4. The van der Waals surface area contributed by atoms with Gasteiger partial charge in [-0.05, 0) is 11.6 Å². The fraction of sp³-hybridized carbons (Fsp3) is 0.214. The first-order chi connectivity index (χ1) is 10.0. The molecule has 2 rings (SSSR count). The van der Waals surface area contributed by atoms with Crippen molar-refractivity contribution in [2.45, 2.75) is 11.6 Å². The maximum absolute atomic E-state index is 12.1. The van der Waals surface area contributed by atoms with Gasteiger partial charge in [-0.2, -0.15) is 0 Å². The van der Waals surface area contributed by atoms with Crippen molar-refractivity contribution < 1.29 is 13.5 Å². The summed E-state index contributed by atoms with van der Waals surface area (Å²) in [7, 11) is -1.95. The lowest BCUT2D eigenvalue weighted by atomic mass is 10.1. The van der Waals surface area contributed by atoms with E-state index in [0.29, 0.717) is 5.56 Å². The van der Waals surface area contributed by atoms with Gasteiger partial charge in [-0.25, -0.2) is 18.1 Å². The summed E-state index contributed by atoms with van der Waals surface area (Å²) in [4.78, 5) is 3.82. The number of aliphatic hydroxyl groups is 1. The van der Waals surface area contributed by atoms with Crippen molar-refractivity contribution in [1.82, 2.24) is 14.3 Å². The van der Waals surface area contributed by atoms with Gasteiger partial charge in [0.2, 0.25) is 0 Å². The predicted molar refractivity (Wildman–Crippen MR) is 77.6 cm³/mol. The monoisotopic (exact) mass is 305 g/mol. The van der Waals surface area contributed by atoms with Gasteiger partial charge < -0.3 is 9.67 Å². The molecule has 0 spiro atoms. The highest BCUT2D eigenvalue weighted by atomic mass is 32.2. The van der Waals surface area contributed by atoms with Gasteiger partial charge in [0.15, 0.2) is 5.03 Å². The second-order valence-electron chi connectivity index (χ2n) is 4.32. The summed E-state index contributed by atoms with van der Waals surface area (Å²) in [6.07, 6.45) is 2.86. The number of nitrogens with one attached hydrogen (secondary N) is 1. The normalized spacial score (nSPS) is 11.0. The highest BCUT2D eigenvalue weighted by molar-refractivity contribution is 7.89.